The van der Waals surface area contributed by atoms with E-state index in [1.807, 2.05) is 6.92 Å². The molecular weight excluding hydrogens is 260 g/mol. The van der Waals surface area contributed by atoms with Gasteiger partial charge in [0.05, 0.1) is 0 Å². The summed E-state index contributed by atoms with van der Waals surface area (Å²) >= 11 is 0. The van der Waals surface area contributed by atoms with Gasteiger partial charge < -0.3 is 10.4 Å². The molecule has 0 bridgehead atoms. The van der Waals surface area contributed by atoms with Gasteiger partial charge in [0.2, 0.25) is 0 Å². The van der Waals surface area contributed by atoms with Crippen LogP contribution in [0.1, 0.15) is 44.2 Å². The van der Waals surface area contributed by atoms with Crippen molar-refractivity contribution in [3.63, 3.8) is 0 Å². The van der Waals surface area contributed by atoms with Crippen LogP contribution in [0.25, 0.3) is 0 Å². The first-order chi connectivity index (χ1) is 9.61. The van der Waals surface area contributed by atoms with Crippen molar-refractivity contribution in [2.45, 2.75) is 38.6 Å². The van der Waals surface area contributed by atoms with E-state index < -0.39 is 11.6 Å². The highest BCUT2D eigenvalue weighted by Gasteiger charge is 2.24. The second-order valence-electron chi connectivity index (χ2n) is 5.79. The molecule has 1 saturated carbocycles. The zero-order chi connectivity index (χ0) is 14.5. The number of halogens is 2. The molecule has 0 radical (unpaired) electrons. The molecule has 20 heavy (non-hydrogen) atoms. The Kier molecular flexibility index (Phi) is 5.49. The van der Waals surface area contributed by atoms with Crippen molar-refractivity contribution in [1.29, 1.82) is 0 Å². The zero-order valence-electron chi connectivity index (χ0n) is 11.9. The number of benzene rings is 1. The van der Waals surface area contributed by atoms with E-state index in [4.69, 9.17) is 0 Å². The van der Waals surface area contributed by atoms with Crippen molar-refractivity contribution >= 4 is 0 Å². The van der Waals surface area contributed by atoms with Crippen LogP contribution in [-0.4, -0.2) is 18.3 Å². The normalized spacial score (nSPS) is 24.6. The third kappa shape index (κ3) is 3.76. The summed E-state index contributed by atoms with van der Waals surface area (Å²) in [5, 5.41) is 12.8. The highest BCUT2D eigenvalue weighted by Crippen LogP contribution is 2.29. The van der Waals surface area contributed by atoms with E-state index in [1.165, 1.54) is 25.0 Å². The second-order valence-corrected chi connectivity index (χ2v) is 5.79. The summed E-state index contributed by atoms with van der Waals surface area (Å²) in [4.78, 5) is 0. The van der Waals surface area contributed by atoms with Crippen molar-refractivity contribution in [3.8, 4) is 0 Å². The van der Waals surface area contributed by atoms with Crippen molar-refractivity contribution in [2.75, 3.05) is 13.2 Å². The maximum absolute atomic E-state index is 13.2. The van der Waals surface area contributed by atoms with Gasteiger partial charge in [0.1, 0.15) is 0 Å². The molecule has 4 heteroatoms. The second kappa shape index (κ2) is 7.14. The summed E-state index contributed by atoms with van der Waals surface area (Å²) in [7, 11) is 0. The predicted octanol–water partition coefficient (Wildman–Crippen LogP) is 3.41. The molecule has 3 atom stereocenters. The quantitative estimate of drug-likeness (QED) is 0.868. The summed E-state index contributed by atoms with van der Waals surface area (Å²) < 4.78 is 26.1. The Balaban J connectivity index is 1.90. The van der Waals surface area contributed by atoms with Gasteiger partial charge in [-0.25, -0.2) is 8.78 Å². The average Bonchev–Trinajstić information content (AvgIpc) is 2.47. The van der Waals surface area contributed by atoms with Crippen LogP contribution in [0.3, 0.4) is 0 Å². The Labute approximate surface area is 119 Å². The van der Waals surface area contributed by atoms with Gasteiger partial charge in [-0.2, -0.15) is 0 Å². The molecule has 0 amide bonds. The zero-order valence-corrected chi connectivity index (χ0v) is 11.9. The van der Waals surface area contributed by atoms with Gasteiger partial charge in [-0.15, -0.1) is 0 Å². The summed E-state index contributed by atoms with van der Waals surface area (Å²) in [6, 6.07) is 4.00. The molecule has 2 rings (SSSR count). The lowest BCUT2D eigenvalue weighted by atomic mass is 9.79. The lowest BCUT2D eigenvalue weighted by molar-refractivity contribution is 0.131. The molecule has 0 heterocycles. The van der Waals surface area contributed by atoms with Crippen LogP contribution in [0.4, 0.5) is 8.78 Å². The number of aliphatic hydroxyl groups excluding tert-OH is 1. The minimum atomic E-state index is -0.812. The maximum Gasteiger partial charge on any atom is 0.159 e. The van der Waals surface area contributed by atoms with Crippen molar-refractivity contribution in [1.82, 2.24) is 5.32 Å². The first-order valence-electron chi connectivity index (χ1n) is 7.41. The Bertz CT molecular complexity index is 438. The fraction of sp³-hybridized carbons (Fsp3) is 0.625. The van der Waals surface area contributed by atoms with Crippen molar-refractivity contribution in [3.05, 3.63) is 35.4 Å². The monoisotopic (exact) mass is 283 g/mol. The van der Waals surface area contributed by atoms with E-state index in [2.05, 4.69) is 5.32 Å². The van der Waals surface area contributed by atoms with Crippen LogP contribution in [0.5, 0.6) is 0 Å². The Morgan fingerprint density at radius 1 is 1.20 bits per heavy atom. The van der Waals surface area contributed by atoms with Gasteiger partial charge >= 0.3 is 0 Å². The molecule has 1 aliphatic rings. The fourth-order valence-corrected chi connectivity index (χ4v) is 3.02. The highest BCUT2D eigenvalue weighted by atomic mass is 19.2. The highest BCUT2D eigenvalue weighted by molar-refractivity contribution is 5.20. The standard InChI is InChI=1S/C16H23F2NO/c1-11(12-6-7-15(17)16(18)8-12)19-9-13-4-2-3-5-14(13)10-20/h6-8,11,13-14,19-20H,2-5,9-10H2,1H3. The van der Waals surface area contributed by atoms with E-state index in [0.717, 1.165) is 24.9 Å². The third-order valence-corrected chi connectivity index (χ3v) is 4.43. The van der Waals surface area contributed by atoms with Gasteiger partial charge in [-0.3, -0.25) is 0 Å². The number of rotatable bonds is 5. The Hall–Kier alpha value is -1.00. The smallest absolute Gasteiger partial charge is 0.159 e. The van der Waals surface area contributed by atoms with Crippen LogP contribution in [0, 0.1) is 23.5 Å². The first kappa shape index (κ1) is 15.4. The minimum absolute atomic E-state index is 0.0219. The van der Waals surface area contributed by atoms with Crippen LogP contribution >= 0.6 is 0 Å². The van der Waals surface area contributed by atoms with Gasteiger partial charge in [-0.1, -0.05) is 18.9 Å². The number of nitrogens with one attached hydrogen (secondary N) is 1. The fourth-order valence-electron chi connectivity index (χ4n) is 3.02. The summed E-state index contributed by atoms with van der Waals surface area (Å²) in [5.74, 6) is -0.773. The Morgan fingerprint density at radius 3 is 2.55 bits per heavy atom. The van der Waals surface area contributed by atoms with Crippen molar-refractivity contribution in [2.24, 2.45) is 11.8 Å². The molecule has 1 aromatic rings. The van der Waals surface area contributed by atoms with E-state index >= 15 is 0 Å². The molecule has 1 aromatic carbocycles. The van der Waals surface area contributed by atoms with Gasteiger partial charge in [0.15, 0.2) is 11.6 Å². The van der Waals surface area contributed by atoms with E-state index in [9.17, 15) is 13.9 Å². The molecule has 112 valence electrons. The van der Waals surface area contributed by atoms with Crippen LogP contribution in [0.15, 0.2) is 18.2 Å². The topological polar surface area (TPSA) is 32.3 Å². The van der Waals surface area contributed by atoms with Gasteiger partial charge in [0.25, 0.3) is 0 Å². The van der Waals surface area contributed by atoms with Gasteiger partial charge in [0, 0.05) is 12.6 Å². The molecule has 0 spiro atoms. The van der Waals surface area contributed by atoms with Crippen LogP contribution in [0.2, 0.25) is 0 Å². The summed E-state index contributed by atoms with van der Waals surface area (Å²) in [5.41, 5.74) is 0.750. The van der Waals surface area contributed by atoms with Crippen molar-refractivity contribution < 1.29 is 13.9 Å². The van der Waals surface area contributed by atoms with E-state index in [-0.39, 0.29) is 12.6 Å². The largest absolute Gasteiger partial charge is 0.396 e. The Morgan fingerprint density at radius 2 is 1.90 bits per heavy atom. The molecule has 1 fully saturated rings. The molecule has 2 nitrogen and oxygen atoms in total. The average molecular weight is 283 g/mol. The number of aliphatic hydroxyl groups is 1. The molecule has 2 N–H and O–H groups in total. The summed E-state index contributed by atoms with van der Waals surface area (Å²) in [6.45, 7) is 3.00. The lowest BCUT2D eigenvalue weighted by Crippen LogP contribution is -2.33. The first-order valence-corrected chi connectivity index (χ1v) is 7.41. The van der Waals surface area contributed by atoms with Crippen LogP contribution < -0.4 is 5.32 Å². The predicted molar refractivity (Wildman–Crippen MR) is 75.3 cm³/mol. The molecule has 0 saturated heterocycles. The van der Waals surface area contributed by atoms with E-state index in [0.29, 0.717) is 11.8 Å². The number of hydrogen-bond acceptors (Lipinski definition) is 2. The minimum Gasteiger partial charge on any atom is -0.396 e. The molecular formula is C16H23F2NO. The molecule has 0 aromatic heterocycles. The van der Waals surface area contributed by atoms with E-state index in [1.54, 1.807) is 6.07 Å². The lowest BCUT2D eigenvalue weighted by Gasteiger charge is -2.31. The number of hydrogen-bond donors (Lipinski definition) is 2. The molecule has 0 aliphatic heterocycles. The maximum atomic E-state index is 13.2. The molecule has 1 aliphatic carbocycles. The summed E-state index contributed by atoms with van der Waals surface area (Å²) in [6.07, 6.45) is 4.62. The molecule has 3 unspecified atom stereocenters. The SMILES string of the molecule is CC(NCC1CCCCC1CO)c1ccc(F)c(F)c1. The van der Waals surface area contributed by atoms with Gasteiger partial charge in [-0.05, 0) is 55.8 Å². The third-order valence-electron chi connectivity index (χ3n) is 4.43. The van der Waals surface area contributed by atoms with Crippen LogP contribution in [-0.2, 0) is 0 Å².